The van der Waals surface area contributed by atoms with Gasteiger partial charge in [0, 0.05) is 24.0 Å². The molecule has 1 rings (SSSR count). The molecule has 0 spiro atoms. The van der Waals surface area contributed by atoms with Gasteiger partial charge in [0.15, 0.2) is 0 Å². The average molecular weight is 227 g/mol. The first kappa shape index (κ1) is 12.0. The third kappa shape index (κ3) is 3.89. The number of hydrogen-bond donors (Lipinski definition) is 1. The van der Waals surface area contributed by atoms with Crippen LogP contribution in [0.2, 0.25) is 0 Å². The maximum atomic E-state index is 10.7. The Morgan fingerprint density at radius 2 is 2.13 bits per heavy atom. The normalized spacial score (nSPS) is 10.2. The molecule has 0 aliphatic carbocycles. The van der Waals surface area contributed by atoms with Gasteiger partial charge in [0.05, 0.1) is 4.92 Å². The van der Waals surface area contributed by atoms with E-state index in [0.717, 1.165) is 17.7 Å². The van der Waals surface area contributed by atoms with Gasteiger partial charge >= 0.3 is 0 Å². The van der Waals surface area contributed by atoms with Crippen LogP contribution in [-0.4, -0.2) is 22.4 Å². The molecule has 1 aromatic carbocycles. The largest absolute Gasteiger partial charge is 0.396 e. The highest BCUT2D eigenvalue weighted by Crippen LogP contribution is 2.22. The molecule has 0 aromatic heterocycles. The van der Waals surface area contributed by atoms with Crippen molar-refractivity contribution in [3.63, 3.8) is 0 Å². The number of rotatable bonds is 6. The molecule has 0 radical (unpaired) electrons. The van der Waals surface area contributed by atoms with Gasteiger partial charge in [0.25, 0.3) is 5.69 Å². The van der Waals surface area contributed by atoms with E-state index in [2.05, 4.69) is 0 Å². The minimum Gasteiger partial charge on any atom is -0.396 e. The summed E-state index contributed by atoms with van der Waals surface area (Å²) < 4.78 is 0. The summed E-state index contributed by atoms with van der Waals surface area (Å²) in [5.74, 6) is 1.44. The second-order valence-corrected chi connectivity index (χ2v) is 4.12. The van der Waals surface area contributed by atoms with Gasteiger partial charge in [-0.25, -0.2) is 0 Å². The van der Waals surface area contributed by atoms with Crippen LogP contribution in [0.25, 0.3) is 0 Å². The molecular weight excluding hydrogens is 214 g/mol. The summed E-state index contributed by atoms with van der Waals surface area (Å²) in [6.07, 6.45) is 0.727. The monoisotopic (exact) mass is 227 g/mol. The van der Waals surface area contributed by atoms with Gasteiger partial charge in [-0.05, 0) is 12.2 Å². The van der Waals surface area contributed by atoms with Crippen molar-refractivity contribution in [1.82, 2.24) is 0 Å². The van der Waals surface area contributed by atoms with Gasteiger partial charge in [-0.1, -0.05) is 18.2 Å². The van der Waals surface area contributed by atoms with E-state index in [1.165, 1.54) is 6.07 Å². The van der Waals surface area contributed by atoms with Crippen molar-refractivity contribution in [3.05, 3.63) is 39.9 Å². The summed E-state index contributed by atoms with van der Waals surface area (Å²) in [7, 11) is 0. The van der Waals surface area contributed by atoms with Crippen LogP contribution >= 0.6 is 11.8 Å². The van der Waals surface area contributed by atoms with Gasteiger partial charge in [-0.15, -0.1) is 0 Å². The van der Waals surface area contributed by atoms with E-state index in [9.17, 15) is 10.1 Å². The van der Waals surface area contributed by atoms with Crippen molar-refractivity contribution in [1.29, 1.82) is 0 Å². The maximum absolute atomic E-state index is 10.7. The number of benzene rings is 1. The highest BCUT2D eigenvalue weighted by atomic mass is 32.2. The Morgan fingerprint density at radius 1 is 1.40 bits per heavy atom. The lowest BCUT2D eigenvalue weighted by Gasteiger charge is -2.01. The zero-order valence-electron chi connectivity index (χ0n) is 8.26. The smallest absolute Gasteiger partial charge is 0.273 e. The molecule has 0 saturated heterocycles. The van der Waals surface area contributed by atoms with E-state index < -0.39 is 0 Å². The quantitative estimate of drug-likeness (QED) is 0.460. The molecule has 15 heavy (non-hydrogen) atoms. The zero-order valence-corrected chi connectivity index (χ0v) is 9.07. The Hall–Kier alpha value is -1.07. The number of para-hydroxylation sites is 1. The summed E-state index contributed by atoms with van der Waals surface area (Å²) in [6.45, 7) is 0.171. The van der Waals surface area contributed by atoms with E-state index in [4.69, 9.17) is 5.11 Å². The first-order valence-electron chi connectivity index (χ1n) is 4.66. The third-order valence-corrected chi connectivity index (χ3v) is 2.99. The fraction of sp³-hybridized carbons (Fsp3) is 0.400. The molecule has 0 heterocycles. The van der Waals surface area contributed by atoms with Crippen molar-refractivity contribution >= 4 is 17.4 Å². The van der Waals surface area contributed by atoms with Crippen LogP contribution in [0.5, 0.6) is 0 Å². The number of hydrogen-bond acceptors (Lipinski definition) is 4. The lowest BCUT2D eigenvalue weighted by atomic mass is 10.2. The predicted octanol–water partition coefficient (Wildman–Crippen LogP) is 2.21. The molecule has 0 bridgehead atoms. The Bertz CT molecular complexity index is 330. The second-order valence-electron chi connectivity index (χ2n) is 3.02. The highest BCUT2D eigenvalue weighted by Gasteiger charge is 2.11. The van der Waals surface area contributed by atoms with Crippen molar-refractivity contribution < 1.29 is 10.0 Å². The molecule has 4 nitrogen and oxygen atoms in total. The minimum atomic E-state index is -0.359. The molecular formula is C10H13NO3S. The van der Waals surface area contributed by atoms with Crippen LogP contribution in [0.15, 0.2) is 24.3 Å². The van der Waals surface area contributed by atoms with Crippen molar-refractivity contribution in [3.8, 4) is 0 Å². The molecule has 0 unspecified atom stereocenters. The van der Waals surface area contributed by atoms with E-state index in [1.807, 2.05) is 0 Å². The predicted molar refractivity (Wildman–Crippen MR) is 61.0 cm³/mol. The first-order chi connectivity index (χ1) is 7.25. The summed E-state index contributed by atoms with van der Waals surface area (Å²) in [5, 5.41) is 19.3. The number of nitro groups is 1. The Morgan fingerprint density at radius 3 is 2.80 bits per heavy atom. The number of aliphatic hydroxyl groups excluding tert-OH is 1. The molecule has 1 aromatic rings. The van der Waals surface area contributed by atoms with Gasteiger partial charge in [-0.2, -0.15) is 11.8 Å². The Kier molecular flexibility index (Phi) is 5.14. The SMILES string of the molecule is O=[N+]([O-])c1ccccc1CSCCCO. The molecule has 0 fully saturated rings. The van der Waals surface area contributed by atoms with Crippen LogP contribution in [0.4, 0.5) is 5.69 Å². The van der Waals surface area contributed by atoms with E-state index in [-0.39, 0.29) is 17.2 Å². The van der Waals surface area contributed by atoms with Gasteiger partial charge in [0.2, 0.25) is 0 Å². The van der Waals surface area contributed by atoms with Crippen LogP contribution in [0.1, 0.15) is 12.0 Å². The number of aliphatic hydroxyl groups is 1. The molecule has 0 saturated carbocycles. The van der Waals surface area contributed by atoms with Crippen LogP contribution in [-0.2, 0) is 5.75 Å². The lowest BCUT2D eigenvalue weighted by molar-refractivity contribution is -0.385. The molecule has 0 amide bonds. The average Bonchev–Trinajstić information content (AvgIpc) is 2.25. The standard InChI is InChI=1S/C10H13NO3S/c12-6-3-7-15-8-9-4-1-2-5-10(9)11(13)14/h1-2,4-5,12H,3,6-8H2. The fourth-order valence-corrected chi connectivity index (χ4v) is 2.10. The molecule has 0 aliphatic heterocycles. The van der Waals surface area contributed by atoms with Crippen LogP contribution in [0, 0.1) is 10.1 Å². The van der Waals surface area contributed by atoms with Crippen molar-refractivity contribution in [2.75, 3.05) is 12.4 Å². The number of thioether (sulfide) groups is 1. The van der Waals surface area contributed by atoms with E-state index in [1.54, 1.807) is 30.0 Å². The van der Waals surface area contributed by atoms with Crippen molar-refractivity contribution in [2.24, 2.45) is 0 Å². The number of nitro benzene ring substituents is 1. The molecule has 82 valence electrons. The van der Waals surface area contributed by atoms with Crippen molar-refractivity contribution in [2.45, 2.75) is 12.2 Å². The van der Waals surface area contributed by atoms with Crippen LogP contribution in [0.3, 0.4) is 0 Å². The fourth-order valence-electron chi connectivity index (χ4n) is 1.16. The van der Waals surface area contributed by atoms with E-state index in [0.29, 0.717) is 5.75 Å². The summed E-state index contributed by atoms with van der Waals surface area (Å²) in [6, 6.07) is 6.75. The third-order valence-electron chi connectivity index (χ3n) is 1.89. The lowest BCUT2D eigenvalue weighted by Crippen LogP contribution is -1.94. The van der Waals surface area contributed by atoms with Gasteiger partial charge in [-0.3, -0.25) is 10.1 Å². The zero-order chi connectivity index (χ0) is 11.1. The topological polar surface area (TPSA) is 63.4 Å². The molecule has 0 aliphatic rings. The van der Waals surface area contributed by atoms with Gasteiger partial charge in [0.1, 0.15) is 0 Å². The first-order valence-corrected chi connectivity index (χ1v) is 5.82. The minimum absolute atomic E-state index is 0.171. The maximum Gasteiger partial charge on any atom is 0.273 e. The molecule has 1 N–H and O–H groups in total. The van der Waals surface area contributed by atoms with E-state index >= 15 is 0 Å². The van der Waals surface area contributed by atoms with Crippen LogP contribution < -0.4 is 0 Å². The Labute approximate surface area is 92.5 Å². The highest BCUT2D eigenvalue weighted by molar-refractivity contribution is 7.98. The number of nitrogens with zero attached hydrogens (tertiary/aromatic N) is 1. The second kappa shape index (κ2) is 6.42. The Balaban J connectivity index is 2.56. The van der Waals surface area contributed by atoms with Gasteiger partial charge < -0.3 is 5.11 Å². The molecule has 0 atom stereocenters. The summed E-state index contributed by atoms with van der Waals surface area (Å²) in [4.78, 5) is 10.3. The summed E-state index contributed by atoms with van der Waals surface area (Å²) in [5.41, 5.74) is 0.916. The summed E-state index contributed by atoms with van der Waals surface area (Å²) >= 11 is 1.60. The molecule has 5 heteroatoms.